The molecule has 2 saturated heterocycles. The average Bonchev–Trinajstić information content (AvgIpc) is 3.39. The minimum Gasteiger partial charge on any atom is -0.298 e. The maximum absolute atomic E-state index is 13.4. The SMILES string of the molecule is Cn1ncc(-c2ccc3cnc(CC(=O)CN4CC[C@@H](F)C4)cc3c2)c1CN1CCCCC1. The van der Waals surface area contributed by atoms with E-state index in [2.05, 4.69) is 33.2 Å². The van der Waals surface area contributed by atoms with Crippen molar-refractivity contribution in [2.75, 3.05) is 32.7 Å². The summed E-state index contributed by atoms with van der Waals surface area (Å²) in [5.41, 5.74) is 4.30. The van der Waals surface area contributed by atoms with Crippen LogP contribution in [0.5, 0.6) is 0 Å². The summed E-state index contributed by atoms with van der Waals surface area (Å²) in [6.45, 7) is 4.53. The average molecular weight is 450 g/mol. The highest BCUT2D eigenvalue weighted by molar-refractivity contribution is 5.89. The van der Waals surface area contributed by atoms with Crippen LogP contribution in [0, 0.1) is 0 Å². The number of fused-ring (bicyclic) bond motifs is 1. The van der Waals surface area contributed by atoms with Gasteiger partial charge in [0.15, 0.2) is 5.78 Å². The fourth-order valence-corrected chi connectivity index (χ4v) is 5.11. The number of carbonyl (C=O) groups excluding carboxylic acids is 1. The molecule has 1 aromatic carbocycles. The Morgan fingerprint density at radius 3 is 2.70 bits per heavy atom. The first-order chi connectivity index (χ1) is 16.0. The van der Waals surface area contributed by atoms with Crippen molar-refractivity contribution in [3.8, 4) is 11.1 Å². The van der Waals surface area contributed by atoms with Crippen LogP contribution in [0.4, 0.5) is 4.39 Å². The Kier molecular flexibility index (Phi) is 6.51. The number of ketones is 1. The largest absolute Gasteiger partial charge is 0.298 e. The number of pyridine rings is 1. The molecule has 33 heavy (non-hydrogen) atoms. The van der Waals surface area contributed by atoms with Crippen LogP contribution < -0.4 is 0 Å². The summed E-state index contributed by atoms with van der Waals surface area (Å²) in [7, 11) is 2.02. The van der Waals surface area contributed by atoms with Crippen LogP contribution in [0.15, 0.2) is 36.7 Å². The number of nitrogens with zero attached hydrogens (tertiary/aromatic N) is 5. The summed E-state index contributed by atoms with van der Waals surface area (Å²) in [5.74, 6) is 0.0863. The Morgan fingerprint density at radius 1 is 1.06 bits per heavy atom. The van der Waals surface area contributed by atoms with E-state index in [0.717, 1.165) is 47.2 Å². The smallest absolute Gasteiger partial charge is 0.152 e. The summed E-state index contributed by atoms with van der Waals surface area (Å²) in [6.07, 6.45) is 7.66. The molecule has 6 nitrogen and oxygen atoms in total. The van der Waals surface area contributed by atoms with Gasteiger partial charge in [0.25, 0.3) is 0 Å². The van der Waals surface area contributed by atoms with Crippen LogP contribution in [0.25, 0.3) is 21.9 Å². The van der Waals surface area contributed by atoms with Crippen molar-refractivity contribution < 1.29 is 9.18 Å². The van der Waals surface area contributed by atoms with Crippen molar-refractivity contribution in [3.05, 3.63) is 48.0 Å². The fourth-order valence-electron chi connectivity index (χ4n) is 5.11. The second kappa shape index (κ2) is 9.69. The van der Waals surface area contributed by atoms with E-state index in [-0.39, 0.29) is 12.2 Å². The highest BCUT2D eigenvalue weighted by atomic mass is 19.1. The fraction of sp³-hybridized carbons (Fsp3) is 0.500. The number of carbonyl (C=O) groups is 1. The zero-order chi connectivity index (χ0) is 22.8. The van der Waals surface area contributed by atoms with Gasteiger partial charge in [-0.3, -0.25) is 24.3 Å². The van der Waals surface area contributed by atoms with Crippen molar-refractivity contribution >= 4 is 16.6 Å². The van der Waals surface area contributed by atoms with E-state index < -0.39 is 6.17 Å². The molecule has 0 spiro atoms. The molecule has 2 aliphatic heterocycles. The lowest BCUT2D eigenvalue weighted by Crippen LogP contribution is -2.30. The first kappa shape index (κ1) is 22.2. The molecule has 4 heterocycles. The first-order valence-corrected chi connectivity index (χ1v) is 12.1. The lowest BCUT2D eigenvalue weighted by molar-refractivity contribution is -0.119. The summed E-state index contributed by atoms with van der Waals surface area (Å²) < 4.78 is 15.4. The Labute approximate surface area is 194 Å². The molecule has 0 radical (unpaired) electrons. The van der Waals surface area contributed by atoms with Crippen molar-refractivity contribution in [2.45, 2.75) is 44.8 Å². The standard InChI is InChI=1S/C26H32FN5O/c1-30-26(18-31-8-3-2-4-9-31)25(15-29-30)19-5-6-20-14-28-23(12-21(20)11-19)13-24(33)17-32-10-7-22(27)16-32/h5-6,11-12,14-15,22H,2-4,7-10,13,16-18H2,1H3/t22-/m1/s1. The van der Waals surface area contributed by atoms with Crippen molar-refractivity contribution in [1.29, 1.82) is 0 Å². The molecule has 0 saturated carbocycles. The summed E-state index contributed by atoms with van der Waals surface area (Å²) in [4.78, 5) is 21.4. The lowest BCUT2D eigenvalue weighted by atomic mass is 10.0. The number of piperidine rings is 1. The molecule has 3 aromatic rings. The number of halogens is 1. The number of likely N-dealkylation sites (tertiary alicyclic amines) is 2. The topological polar surface area (TPSA) is 54.3 Å². The van der Waals surface area contributed by atoms with Crippen LogP contribution in [-0.2, 0) is 24.8 Å². The van der Waals surface area contributed by atoms with Gasteiger partial charge in [-0.15, -0.1) is 0 Å². The lowest BCUT2D eigenvalue weighted by Gasteiger charge is -2.26. The third-order valence-corrected chi connectivity index (χ3v) is 6.97. The molecule has 0 N–H and O–H groups in total. The molecular weight excluding hydrogens is 417 g/mol. The number of hydrogen-bond donors (Lipinski definition) is 0. The van der Waals surface area contributed by atoms with Gasteiger partial charge in [-0.05, 0) is 55.4 Å². The Balaban J connectivity index is 1.34. The van der Waals surface area contributed by atoms with Crippen molar-refractivity contribution in [1.82, 2.24) is 24.6 Å². The monoisotopic (exact) mass is 449 g/mol. The summed E-state index contributed by atoms with van der Waals surface area (Å²) >= 11 is 0. The maximum atomic E-state index is 13.4. The van der Waals surface area contributed by atoms with Crippen molar-refractivity contribution in [2.24, 2.45) is 7.05 Å². The molecule has 0 bridgehead atoms. The van der Waals surface area contributed by atoms with Crippen LogP contribution in [-0.4, -0.2) is 69.2 Å². The second-order valence-electron chi connectivity index (χ2n) is 9.54. The molecule has 5 rings (SSSR count). The normalized spacial score (nSPS) is 20.0. The number of hydrogen-bond acceptors (Lipinski definition) is 5. The quantitative estimate of drug-likeness (QED) is 0.550. The zero-order valence-electron chi connectivity index (χ0n) is 19.3. The van der Waals surface area contributed by atoms with E-state index in [4.69, 9.17) is 0 Å². The molecule has 1 atom stereocenters. The minimum atomic E-state index is -0.803. The Bertz CT molecular complexity index is 1140. The van der Waals surface area contributed by atoms with E-state index in [1.165, 1.54) is 25.0 Å². The molecule has 0 unspecified atom stereocenters. The molecule has 7 heteroatoms. The van der Waals surface area contributed by atoms with E-state index in [1.54, 1.807) is 0 Å². The third-order valence-electron chi connectivity index (χ3n) is 6.97. The third kappa shape index (κ3) is 5.14. The predicted octanol–water partition coefficient (Wildman–Crippen LogP) is 3.78. The van der Waals surface area contributed by atoms with Crippen LogP contribution in [0.1, 0.15) is 37.1 Å². The van der Waals surface area contributed by atoms with Gasteiger partial charge < -0.3 is 0 Å². The van der Waals surface area contributed by atoms with Gasteiger partial charge in [-0.25, -0.2) is 4.39 Å². The van der Waals surface area contributed by atoms with Crippen LogP contribution in [0.3, 0.4) is 0 Å². The minimum absolute atomic E-state index is 0.0863. The number of aromatic nitrogens is 3. The van der Waals surface area contributed by atoms with Gasteiger partial charge in [0, 0.05) is 49.5 Å². The highest BCUT2D eigenvalue weighted by Crippen LogP contribution is 2.29. The molecule has 0 aliphatic carbocycles. The second-order valence-corrected chi connectivity index (χ2v) is 9.54. The van der Waals surface area contributed by atoms with Crippen LogP contribution in [0.2, 0.25) is 0 Å². The summed E-state index contributed by atoms with van der Waals surface area (Å²) in [5, 5.41) is 6.68. The van der Waals surface area contributed by atoms with Gasteiger partial charge in [0.05, 0.1) is 24.9 Å². The number of benzene rings is 1. The van der Waals surface area contributed by atoms with E-state index in [1.807, 2.05) is 35.1 Å². The summed E-state index contributed by atoms with van der Waals surface area (Å²) in [6, 6.07) is 8.41. The number of alkyl halides is 1. The van der Waals surface area contributed by atoms with E-state index in [0.29, 0.717) is 26.1 Å². The van der Waals surface area contributed by atoms with Gasteiger partial charge in [-0.2, -0.15) is 5.10 Å². The molecule has 2 aliphatic rings. The number of Topliss-reactive ketones (excluding diaryl/α,β-unsaturated/α-hetero) is 1. The molecular formula is C26H32FN5O. The van der Waals surface area contributed by atoms with Gasteiger partial charge in [-0.1, -0.05) is 18.6 Å². The number of rotatable bonds is 7. The zero-order valence-corrected chi connectivity index (χ0v) is 19.3. The van der Waals surface area contributed by atoms with Gasteiger partial charge in [0.2, 0.25) is 0 Å². The van der Waals surface area contributed by atoms with E-state index in [9.17, 15) is 9.18 Å². The van der Waals surface area contributed by atoms with Crippen LogP contribution >= 0.6 is 0 Å². The highest BCUT2D eigenvalue weighted by Gasteiger charge is 2.23. The van der Waals surface area contributed by atoms with Gasteiger partial charge >= 0.3 is 0 Å². The first-order valence-electron chi connectivity index (χ1n) is 12.1. The van der Waals surface area contributed by atoms with E-state index >= 15 is 0 Å². The molecule has 2 aromatic heterocycles. The Morgan fingerprint density at radius 2 is 1.91 bits per heavy atom. The number of aryl methyl sites for hydroxylation is 1. The van der Waals surface area contributed by atoms with Gasteiger partial charge in [0.1, 0.15) is 6.17 Å². The maximum Gasteiger partial charge on any atom is 0.152 e. The Hall–Kier alpha value is -2.64. The molecule has 2 fully saturated rings. The van der Waals surface area contributed by atoms with Crippen molar-refractivity contribution in [3.63, 3.8) is 0 Å². The molecule has 174 valence electrons. The molecule has 0 amide bonds. The predicted molar refractivity (Wildman–Crippen MR) is 128 cm³/mol.